The van der Waals surface area contributed by atoms with Crippen LogP contribution in [0.5, 0.6) is 0 Å². The molecule has 1 rings (SSSR count). The standard InChI is InChI=1S/C15H21N3O3S/c1-6-11(2)14(19)16-13-9-7-12(8-10-13)15(20)17-22(5,21)18(3)4/h6-10H,1-5H3,(H,16,19). The molecule has 0 fully saturated rings. The van der Waals surface area contributed by atoms with Crippen molar-refractivity contribution >= 4 is 27.4 Å². The second-order valence-electron chi connectivity index (χ2n) is 4.97. The molecule has 0 saturated carbocycles. The number of allylic oxidation sites excluding steroid dienone is 1. The molecule has 0 aromatic heterocycles. The average Bonchev–Trinajstić information content (AvgIpc) is 2.46. The van der Waals surface area contributed by atoms with Gasteiger partial charge in [0.15, 0.2) is 0 Å². The van der Waals surface area contributed by atoms with Crippen LogP contribution in [0.2, 0.25) is 0 Å². The number of benzene rings is 1. The highest BCUT2D eigenvalue weighted by Gasteiger charge is 2.11. The maximum Gasteiger partial charge on any atom is 0.286 e. The number of amides is 2. The first-order valence-corrected chi connectivity index (χ1v) is 8.53. The van der Waals surface area contributed by atoms with Gasteiger partial charge >= 0.3 is 0 Å². The van der Waals surface area contributed by atoms with E-state index in [2.05, 4.69) is 9.68 Å². The number of hydrogen-bond donors (Lipinski definition) is 1. The van der Waals surface area contributed by atoms with Crippen molar-refractivity contribution in [3.05, 3.63) is 41.5 Å². The van der Waals surface area contributed by atoms with Crippen LogP contribution in [-0.2, 0) is 14.7 Å². The van der Waals surface area contributed by atoms with Gasteiger partial charge in [0.05, 0.1) is 0 Å². The largest absolute Gasteiger partial charge is 0.322 e. The zero-order chi connectivity index (χ0) is 16.9. The van der Waals surface area contributed by atoms with E-state index in [1.807, 2.05) is 0 Å². The van der Waals surface area contributed by atoms with Gasteiger partial charge in [0.2, 0.25) is 0 Å². The van der Waals surface area contributed by atoms with E-state index < -0.39 is 15.8 Å². The van der Waals surface area contributed by atoms with Crippen molar-refractivity contribution in [3.63, 3.8) is 0 Å². The molecule has 120 valence electrons. The molecular formula is C15H21N3O3S. The fourth-order valence-corrected chi connectivity index (χ4v) is 1.92. The summed E-state index contributed by atoms with van der Waals surface area (Å²) < 4.78 is 17.2. The van der Waals surface area contributed by atoms with E-state index in [4.69, 9.17) is 0 Å². The molecular weight excluding hydrogens is 302 g/mol. The van der Waals surface area contributed by atoms with Gasteiger partial charge in [-0.05, 0) is 38.1 Å². The van der Waals surface area contributed by atoms with Crippen molar-refractivity contribution in [2.45, 2.75) is 13.8 Å². The third-order valence-corrected chi connectivity index (χ3v) is 4.97. The molecule has 0 heterocycles. The van der Waals surface area contributed by atoms with Crippen LogP contribution in [0.4, 0.5) is 5.69 Å². The quantitative estimate of drug-likeness (QED) is 0.864. The number of rotatable bonds is 4. The first-order chi connectivity index (χ1) is 10.2. The second-order valence-corrected chi connectivity index (χ2v) is 7.41. The molecule has 0 aliphatic carbocycles. The lowest BCUT2D eigenvalue weighted by Gasteiger charge is -2.11. The fourth-order valence-electron chi connectivity index (χ4n) is 1.35. The highest BCUT2D eigenvalue weighted by molar-refractivity contribution is 7.90. The van der Waals surface area contributed by atoms with E-state index in [1.165, 1.54) is 22.7 Å². The van der Waals surface area contributed by atoms with Gasteiger partial charge in [-0.15, -0.1) is 4.36 Å². The minimum Gasteiger partial charge on any atom is -0.322 e. The molecule has 2 amide bonds. The van der Waals surface area contributed by atoms with Crippen molar-refractivity contribution in [2.24, 2.45) is 4.36 Å². The SMILES string of the molecule is CC=C(C)C(=O)Nc1ccc(C(=O)N=S(C)(=O)N(C)C)cc1. The van der Waals surface area contributed by atoms with Crippen LogP contribution in [0.15, 0.2) is 40.3 Å². The molecule has 0 bridgehead atoms. The van der Waals surface area contributed by atoms with Gasteiger partial charge in [-0.2, -0.15) is 0 Å². The Bertz CT molecular complexity index is 712. The van der Waals surface area contributed by atoms with Crippen LogP contribution in [-0.4, -0.2) is 40.7 Å². The number of carbonyl (C=O) groups excluding carboxylic acids is 2. The minimum absolute atomic E-state index is 0.199. The van der Waals surface area contributed by atoms with Crippen molar-refractivity contribution in [1.29, 1.82) is 0 Å². The van der Waals surface area contributed by atoms with Crippen molar-refractivity contribution in [2.75, 3.05) is 25.7 Å². The number of carbonyl (C=O) groups is 2. The minimum atomic E-state index is -2.71. The molecule has 0 radical (unpaired) electrons. The Morgan fingerprint density at radius 3 is 2.23 bits per heavy atom. The number of nitrogens with zero attached hydrogens (tertiary/aromatic N) is 2. The Balaban J connectivity index is 2.92. The summed E-state index contributed by atoms with van der Waals surface area (Å²) in [5.41, 5.74) is 1.50. The Kier molecular flexibility index (Phi) is 6.01. The molecule has 0 spiro atoms. The van der Waals surface area contributed by atoms with Gasteiger partial charge in [-0.25, -0.2) is 8.51 Å². The summed E-state index contributed by atoms with van der Waals surface area (Å²) in [5.74, 6) is -0.751. The second kappa shape index (κ2) is 7.33. The van der Waals surface area contributed by atoms with E-state index in [0.717, 1.165) is 0 Å². The molecule has 0 aliphatic heterocycles. The third-order valence-electron chi connectivity index (χ3n) is 3.11. The van der Waals surface area contributed by atoms with Crippen LogP contribution in [0.25, 0.3) is 0 Å². The number of nitrogens with one attached hydrogen (secondary N) is 1. The molecule has 1 unspecified atom stereocenters. The van der Waals surface area contributed by atoms with Crippen LogP contribution in [0, 0.1) is 0 Å². The third kappa shape index (κ3) is 4.78. The lowest BCUT2D eigenvalue weighted by atomic mass is 10.2. The number of anilines is 1. The molecule has 22 heavy (non-hydrogen) atoms. The van der Waals surface area contributed by atoms with E-state index in [0.29, 0.717) is 16.8 Å². The molecule has 0 aliphatic rings. The molecule has 1 aromatic rings. The maximum atomic E-state index is 12.1. The first kappa shape index (κ1) is 18.1. The molecule has 7 heteroatoms. The topological polar surface area (TPSA) is 78.8 Å². The Hall–Kier alpha value is -1.99. The Morgan fingerprint density at radius 1 is 1.23 bits per heavy atom. The van der Waals surface area contributed by atoms with Gasteiger partial charge < -0.3 is 5.32 Å². The lowest BCUT2D eigenvalue weighted by Crippen LogP contribution is -2.21. The van der Waals surface area contributed by atoms with Gasteiger partial charge in [-0.3, -0.25) is 9.59 Å². The van der Waals surface area contributed by atoms with Crippen LogP contribution in [0.1, 0.15) is 24.2 Å². The summed E-state index contributed by atoms with van der Waals surface area (Å²) in [6, 6.07) is 6.29. The summed E-state index contributed by atoms with van der Waals surface area (Å²) >= 11 is 0. The fraction of sp³-hybridized carbons (Fsp3) is 0.333. The zero-order valence-electron chi connectivity index (χ0n) is 13.4. The van der Waals surface area contributed by atoms with Crippen molar-refractivity contribution < 1.29 is 13.8 Å². The maximum absolute atomic E-state index is 12.1. The zero-order valence-corrected chi connectivity index (χ0v) is 14.2. The lowest BCUT2D eigenvalue weighted by molar-refractivity contribution is -0.112. The predicted octanol–water partition coefficient (Wildman–Crippen LogP) is 2.31. The Morgan fingerprint density at radius 2 is 1.77 bits per heavy atom. The van der Waals surface area contributed by atoms with Gasteiger partial charge in [-0.1, -0.05) is 6.08 Å². The predicted molar refractivity (Wildman–Crippen MR) is 89.0 cm³/mol. The first-order valence-electron chi connectivity index (χ1n) is 6.65. The highest BCUT2D eigenvalue weighted by atomic mass is 32.2. The summed E-state index contributed by atoms with van der Waals surface area (Å²) in [6.07, 6.45) is 3.12. The smallest absolute Gasteiger partial charge is 0.286 e. The summed E-state index contributed by atoms with van der Waals surface area (Å²) in [5, 5.41) is 2.71. The molecule has 0 saturated heterocycles. The van der Waals surface area contributed by atoms with Crippen LogP contribution >= 0.6 is 0 Å². The summed E-state index contributed by atoms with van der Waals surface area (Å²) in [7, 11) is 0.489. The summed E-state index contributed by atoms with van der Waals surface area (Å²) in [4.78, 5) is 23.7. The van der Waals surface area contributed by atoms with Crippen molar-refractivity contribution in [1.82, 2.24) is 4.31 Å². The summed E-state index contributed by atoms with van der Waals surface area (Å²) in [6.45, 7) is 3.50. The normalized spacial score (nSPS) is 14.4. The molecule has 1 atom stereocenters. The van der Waals surface area contributed by atoms with Gasteiger partial charge in [0.1, 0.15) is 9.92 Å². The van der Waals surface area contributed by atoms with Crippen LogP contribution < -0.4 is 5.32 Å². The number of hydrogen-bond acceptors (Lipinski definition) is 3. The van der Waals surface area contributed by atoms with E-state index in [1.54, 1.807) is 46.2 Å². The van der Waals surface area contributed by atoms with E-state index >= 15 is 0 Å². The van der Waals surface area contributed by atoms with Gasteiger partial charge in [0.25, 0.3) is 11.8 Å². The highest BCUT2D eigenvalue weighted by Crippen LogP contribution is 2.12. The van der Waals surface area contributed by atoms with Crippen molar-refractivity contribution in [3.8, 4) is 0 Å². The Labute approximate surface area is 131 Å². The van der Waals surface area contributed by atoms with E-state index in [-0.39, 0.29) is 5.91 Å². The molecule has 1 aromatic carbocycles. The molecule has 6 nitrogen and oxygen atoms in total. The van der Waals surface area contributed by atoms with E-state index in [9.17, 15) is 13.8 Å². The monoisotopic (exact) mass is 323 g/mol. The average molecular weight is 323 g/mol. The van der Waals surface area contributed by atoms with Gasteiger partial charge in [0, 0.05) is 37.2 Å². The molecule has 1 N–H and O–H groups in total. The van der Waals surface area contributed by atoms with Crippen LogP contribution in [0.3, 0.4) is 0 Å².